The molecule has 0 aromatic carbocycles. The molecule has 0 saturated carbocycles. The predicted octanol–water partition coefficient (Wildman–Crippen LogP) is 2.73. The Hall–Kier alpha value is -1.09. The van der Waals surface area contributed by atoms with Crippen molar-refractivity contribution in [1.29, 1.82) is 0 Å². The van der Waals surface area contributed by atoms with Crippen LogP contribution < -0.4 is 0 Å². The van der Waals surface area contributed by atoms with Crippen molar-refractivity contribution in [1.82, 2.24) is 4.98 Å². The Morgan fingerprint density at radius 2 is 2.07 bits per heavy atom. The molecule has 1 aromatic heterocycles. The number of carboxylic acid groups (broad SMARTS) is 1. The molecule has 0 aliphatic carbocycles. The van der Waals surface area contributed by atoms with Gasteiger partial charge in [0, 0.05) is 11.8 Å². The topological polar surface area (TPSA) is 50.2 Å². The number of halogens is 1. The zero-order chi connectivity index (χ0) is 10.9. The van der Waals surface area contributed by atoms with Gasteiger partial charge in [-0.15, -0.1) is 0 Å². The van der Waals surface area contributed by atoms with E-state index in [1.807, 2.05) is 20.8 Å². The van der Waals surface area contributed by atoms with Crippen LogP contribution in [0.3, 0.4) is 0 Å². The van der Waals surface area contributed by atoms with Crippen LogP contribution in [0.25, 0.3) is 0 Å². The Bertz CT molecular complexity index is 369. The Morgan fingerprint density at radius 3 is 2.43 bits per heavy atom. The van der Waals surface area contributed by atoms with Crippen molar-refractivity contribution >= 4 is 17.6 Å². The normalized spacial score (nSPS) is 11.4. The fraction of sp³-hybridized carbons (Fsp3) is 0.400. The maximum atomic E-state index is 10.9. The van der Waals surface area contributed by atoms with E-state index in [0.717, 1.165) is 0 Å². The molecular formula is C10H12ClNO2. The minimum atomic E-state index is -0.973. The standard InChI is InChI=1S/C10H12ClNO2/c1-10(2,3)7-6(9(13)14)4-5-12-8(7)11/h4-5H,1-3H3,(H,13,14). The second-order valence-corrected chi connectivity index (χ2v) is 4.44. The number of aromatic carboxylic acids is 1. The molecule has 1 heterocycles. The Kier molecular flexibility index (Phi) is 2.81. The van der Waals surface area contributed by atoms with Gasteiger partial charge >= 0.3 is 5.97 Å². The lowest BCUT2D eigenvalue weighted by Crippen LogP contribution is -2.18. The summed E-state index contributed by atoms with van der Waals surface area (Å²) in [6, 6.07) is 1.47. The van der Waals surface area contributed by atoms with Crippen molar-refractivity contribution in [2.45, 2.75) is 26.2 Å². The van der Waals surface area contributed by atoms with Crippen LogP contribution in [0.4, 0.5) is 0 Å². The molecular weight excluding hydrogens is 202 g/mol. The second kappa shape index (κ2) is 3.58. The van der Waals surface area contributed by atoms with Crippen LogP contribution >= 0.6 is 11.6 Å². The van der Waals surface area contributed by atoms with Crippen molar-refractivity contribution in [3.63, 3.8) is 0 Å². The van der Waals surface area contributed by atoms with E-state index in [4.69, 9.17) is 16.7 Å². The fourth-order valence-electron chi connectivity index (χ4n) is 1.33. The molecule has 0 aliphatic heterocycles. The van der Waals surface area contributed by atoms with Crippen LogP contribution in [-0.2, 0) is 5.41 Å². The van der Waals surface area contributed by atoms with Gasteiger partial charge in [0.05, 0.1) is 5.56 Å². The lowest BCUT2D eigenvalue weighted by atomic mass is 9.85. The van der Waals surface area contributed by atoms with Gasteiger partial charge in [-0.25, -0.2) is 9.78 Å². The highest BCUT2D eigenvalue weighted by Crippen LogP contribution is 2.30. The van der Waals surface area contributed by atoms with Gasteiger partial charge in [0.25, 0.3) is 0 Å². The number of nitrogens with zero attached hydrogens (tertiary/aromatic N) is 1. The van der Waals surface area contributed by atoms with Crippen molar-refractivity contribution in [2.75, 3.05) is 0 Å². The summed E-state index contributed by atoms with van der Waals surface area (Å²) in [5.41, 5.74) is 0.477. The zero-order valence-corrected chi connectivity index (χ0v) is 9.09. The lowest BCUT2D eigenvalue weighted by molar-refractivity contribution is 0.0694. The summed E-state index contributed by atoms with van der Waals surface area (Å²) >= 11 is 5.88. The molecule has 1 N–H and O–H groups in total. The lowest BCUT2D eigenvalue weighted by Gasteiger charge is -2.21. The van der Waals surface area contributed by atoms with Gasteiger partial charge in [-0.05, 0) is 11.5 Å². The summed E-state index contributed by atoms with van der Waals surface area (Å²) in [4.78, 5) is 14.8. The number of rotatable bonds is 1. The summed E-state index contributed by atoms with van der Waals surface area (Å²) < 4.78 is 0. The maximum absolute atomic E-state index is 10.9. The van der Waals surface area contributed by atoms with E-state index in [0.29, 0.717) is 5.56 Å². The highest BCUT2D eigenvalue weighted by atomic mass is 35.5. The van der Waals surface area contributed by atoms with E-state index < -0.39 is 5.97 Å². The molecule has 1 aromatic rings. The molecule has 4 heteroatoms. The van der Waals surface area contributed by atoms with E-state index >= 15 is 0 Å². The zero-order valence-electron chi connectivity index (χ0n) is 8.34. The average Bonchev–Trinajstić information content (AvgIpc) is 2.01. The molecule has 3 nitrogen and oxygen atoms in total. The molecule has 0 saturated heterocycles. The van der Waals surface area contributed by atoms with Gasteiger partial charge in [0.2, 0.25) is 0 Å². The molecule has 76 valence electrons. The summed E-state index contributed by atoms with van der Waals surface area (Å²) in [6.07, 6.45) is 1.40. The van der Waals surface area contributed by atoms with Crippen LogP contribution in [0.2, 0.25) is 5.15 Å². The highest BCUT2D eigenvalue weighted by molar-refractivity contribution is 6.30. The summed E-state index contributed by atoms with van der Waals surface area (Å²) in [7, 11) is 0. The number of hydrogen-bond acceptors (Lipinski definition) is 2. The molecule has 14 heavy (non-hydrogen) atoms. The minimum absolute atomic E-state index is 0.220. The van der Waals surface area contributed by atoms with Gasteiger partial charge in [0.15, 0.2) is 0 Å². The number of carboxylic acids is 1. The molecule has 0 unspecified atom stereocenters. The van der Waals surface area contributed by atoms with Gasteiger partial charge < -0.3 is 5.11 Å². The third-order valence-corrected chi connectivity index (χ3v) is 2.17. The summed E-state index contributed by atoms with van der Waals surface area (Å²) in [6.45, 7) is 5.72. The monoisotopic (exact) mass is 213 g/mol. The van der Waals surface area contributed by atoms with Crippen LogP contribution in [0.15, 0.2) is 12.3 Å². The second-order valence-electron chi connectivity index (χ2n) is 4.08. The quantitative estimate of drug-likeness (QED) is 0.730. The van der Waals surface area contributed by atoms with Crippen LogP contribution in [0.5, 0.6) is 0 Å². The van der Waals surface area contributed by atoms with E-state index in [9.17, 15) is 4.79 Å². The fourth-order valence-corrected chi connectivity index (χ4v) is 1.77. The number of pyridine rings is 1. The van der Waals surface area contributed by atoms with Crippen LogP contribution in [0.1, 0.15) is 36.7 Å². The summed E-state index contributed by atoms with van der Waals surface area (Å²) in [5, 5.41) is 9.23. The van der Waals surface area contributed by atoms with E-state index in [1.54, 1.807) is 0 Å². The Labute approximate surface area is 87.7 Å². The Balaban J connectivity index is 3.45. The molecule has 0 atom stereocenters. The van der Waals surface area contributed by atoms with Gasteiger partial charge in [-0.1, -0.05) is 32.4 Å². The van der Waals surface area contributed by atoms with Crippen LogP contribution in [-0.4, -0.2) is 16.1 Å². The van der Waals surface area contributed by atoms with Gasteiger partial charge in [-0.2, -0.15) is 0 Å². The van der Waals surface area contributed by atoms with Crippen LogP contribution in [0, 0.1) is 0 Å². The molecule has 0 amide bonds. The van der Waals surface area contributed by atoms with Crippen molar-refractivity contribution in [2.24, 2.45) is 0 Å². The molecule has 0 bridgehead atoms. The van der Waals surface area contributed by atoms with Gasteiger partial charge in [0.1, 0.15) is 5.15 Å². The SMILES string of the molecule is CC(C)(C)c1c(C(=O)O)ccnc1Cl. The first kappa shape index (κ1) is 11.0. The first-order valence-electron chi connectivity index (χ1n) is 4.22. The average molecular weight is 214 g/mol. The third-order valence-electron chi connectivity index (χ3n) is 1.89. The number of aromatic nitrogens is 1. The molecule has 0 spiro atoms. The van der Waals surface area contributed by atoms with E-state index in [-0.39, 0.29) is 16.1 Å². The van der Waals surface area contributed by atoms with Gasteiger partial charge in [-0.3, -0.25) is 0 Å². The Morgan fingerprint density at radius 1 is 1.50 bits per heavy atom. The molecule has 0 radical (unpaired) electrons. The smallest absolute Gasteiger partial charge is 0.336 e. The molecule has 1 rings (SSSR count). The van der Waals surface area contributed by atoms with Crippen molar-refractivity contribution < 1.29 is 9.90 Å². The number of carbonyl (C=O) groups is 1. The van der Waals surface area contributed by atoms with E-state index in [2.05, 4.69) is 4.98 Å². The maximum Gasteiger partial charge on any atom is 0.336 e. The molecule has 0 fully saturated rings. The first-order valence-corrected chi connectivity index (χ1v) is 4.60. The summed E-state index contributed by atoms with van der Waals surface area (Å²) in [5.74, 6) is -0.973. The third kappa shape index (κ3) is 2.04. The largest absolute Gasteiger partial charge is 0.478 e. The number of hydrogen-bond donors (Lipinski definition) is 1. The predicted molar refractivity (Wildman–Crippen MR) is 54.9 cm³/mol. The van der Waals surface area contributed by atoms with Crippen molar-refractivity contribution in [3.05, 3.63) is 28.5 Å². The first-order chi connectivity index (χ1) is 6.34. The van der Waals surface area contributed by atoms with Crippen molar-refractivity contribution in [3.8, 4) is 0 Å². The highest BCUT2D eigenvalue weighted by Gasteiger charge is 2.24. The molecule has 0 aliphatic rings. The van der Waals surface area contributed by atoms with E-state index in [1.165, 1.54) is 12.3 Å². The minimum Gasteiger partial charge on any atom is -0.478 e.